The minimum Gasteiger partial charge on any atom is -0.489 e. The lowest BCUT2D eigenvalue weighted by Crippen LogP contribution is -1.98. The summed E-state index contributed by atoms with van der Waals surface area (Å²) in [6.45, 7) is 2.36. The number of aromatic nitrogens is 2. The molecular weight excluding hydrogens is 341 g/mol. The molecule has 4 aromatic rings. The number of anilines is 2. The van der Waals surface area contributed by atoms with Crippen LogP contribution in [0.2, 0.25) is 0 Å². The molecule has 0 spiro atoms. The van der Waals surface area contributed by atoms with E-state index in [1.165, 1.54) is 12.1 Å². The third kappa shape index (κ3) is 4.03. The Morgan fingerprint density at radius 2 is 1.81 bits per heavy atom. The van der Waals surface area contributed by atoms with Gasteiger partial charge in [0.15, 0.2) is 0 Å². The van der Waals surface area contributed by atoms with Gasteiger partial charge in [0, 0.05) is 11.1 Å². The summed E-state index contributed by atoms with van der Waals surface area (Å²) < 4.78 is 18.9. The van der Waals surface area contributed by atoms with Crippen molar-refractivity contribution in [3.8, 4) is 5.75 Å². The van der Waals surface area contributed by atoms with Crippen molar-refractivity contribution >= 4 is 22.4 Å². The van der Waals surface area contributed by atoms with Gasteiger partial charge in [0.2, 0.25) is 0 Å². The van der Waals surface area contributed by atoms with Gasteiger partial charge >= 0.3 is 0 Å². The Kier molecular flexibility index (Phi) is 4.66. The van der Waals surface area contributed by atoms with Crippen LogP contribution in [0.15, 0.2) is 73.1 Å². The second-order valence-corrected chi connectivity index (χ2v) is 6.31. The van der Waals surface area contributed by atoms with E-state index >= 15 is 0 Å². The molecule has 0 saturated carbocycles. The highest BCUT2D eigenvalue weighted by atomic mass is 19.1. The van der Waals surface area contributed by atoms with E-state index in [9.17, 15) is 4.39 Å². The topological polar surface area (TPSA) is 47.0 Å². The summed E-state index contributed by atoms with van der Waals surface area (Å²) in [5.74, 6) is 1.22. The summed E-state index contributed by atoms with van der Waals surface area (Å²) in [5, 5.41) is 4.30. The Balaban J connectivity index is 1.47. The van der Waals surface area contributed by atoms with E-state index in [4.69, 9.17) is 4.74 Å². The number of halogens is 1. The Morgan fingerprint density at radius 1 is 0.963 bits per heavy atom. The van der Waals surface area contributed by atoms with E-state index in [-0.39, 0.29) is 5.82 Å². The lowest BCUT2D eigenvalue weighted by Gasteiger charge is -2.10. The van der Waals surface area contributed by atoms with E-state index in [0.717, 1.165) is 33.5 Å². The molecule has 4 nitrogen and oxygen atoms in total. The van der Waals surface area contributed by atoms with Crippen molar-refractivity contribution in [3.63, 3.8) is 0 Å². The highest BCUT2D eigenvalue weighted by molar-refractivity contribution is 5.91. The minimum absolute atomic E-state index is 0.261. The smallest absolute Gasteiger partial charge is 0.141 e. The molecule has 3 aromatic carbocycles. The fourth-order valence-electron chi connectivity index (χ4n) is 2.83. The molecule has 0 amide bonds. The number of fused-ring (bicyclic) bond motifs is 1. The van der Waals surface area contributed by atoms with Crippen LogP contribution in [0.4, 0.5) is 15.9 Å². The lowest BCUT2D eigenvalue weighted by atomic mass is 10.1. The van der Waals surface area contributed by atoms with Gasteiger partial charge in [-0.3, -0.25) is 0 Å². The maximum Gasteiger partial charge on any atom is 0.141 e. The average molecular weight is 359 g/mol. The van der Waals surface area contributed by atoms with Gasteiger partial charge in [-0.05, 0) is 61.0 Å². The van der Waals surface area contributed by atoms with Gasteiger partial charge in [-0.25, -0.2) is 14.4 Å². The molecule has 0 fully saturated rings. The summed E-state index contributed by atoms with van der Waals surface area (Å²) in [7, 11) is 0. The predicted octanol–water partition coefficient (Wildman–Crippen LogP) is 5.40. The first-order valence-corrected chi connectivity index (χ1v) is 8.63. The molecule has 0 aliphatic rings. The van der Waals surface area contributed by atoms with Crippen molar-refractivity contribution in [3.05, 3.63) is 90.0 Å². The predicted molar refractivity (Wildman–Crippen MR) is 105 cm³/mol. The third-order valence-corrected chi connectivity index (χ3v) is 4.20. The normalized spacial score (nSPS) is 10.7. The molecule has 0 unspecified atom stereocenters. The lowest BCUT2D eigenvalue weighted by molar-refractivity contribution is 0.305. The second-order valence-electron chi connectivity index (χ2n) is 6.31. The van der Waals surface area contributed by atoms with Crippen LogP contribution >= 0.6 is 0 Å². The van der Waals surface area contributed by atoms with Gasteiger partial charge in [-0.15, -0.1) is 0 Å². The fraction of sp³-hybridized carbons (Fsp3) is 0.0909. The molecule has 0 bridgehead atoms. The third-order valence-electron chi connectivity index (χ3n) is 4.20. The number of benzene rings is 3. The molecule has 0 aliphatic heterocycles. The molecule has 4 rings (SSSR count). The summed E-state index contributed by atoms with van der Waals surface area (Å²) >= 11 is 0. The largest absolute Gasteiger partial charge is 0.489 e. The zero-order valence-corrected chi connectivity index (χ0v) is 14.8. The molecular formula is C22H18FN3O. The zero-order chi connectivity index (χ0) is 18.6. The monoisotopic (exact) mass is 359 g/mol. The second kappa shape index (κ2) is 7.41. The Labute approximate surface area is 156 Å². The van der Waals surface area contributed by atoms with Crippen molar-refractivity contribution < 1.29 is 9.13 Å². The number of hydrogen-bond acceptors (Lipinski definition) is 4. The summed E-state index contributed by atoms with van der Waals surface area (Å²) in [6, 6.07) is 20.1. The molecule has 27 heavy (non-hydrogen) atoms. The van der Waals surface area contributed by atoms with Gasteiger partial charge in [-0.1, -0.05) is 23.8 Å². The van der Waals surface area contributed by atoms with E-state index in [1.54, 1.807) is 12.4 Å². The number of rotatable bonds is 5. The zero-order valence-electron chi connectivity index (χ0n) is 14.8. The molecule has 0 radical (unpaired) electrons. The molecule has 0 saturated heterocycles. The first-order chi connectivity index (χ1) is 13.2. The minimum atomic E-state index is -0.261. The quantitative estimate of drug-likeness (QED) is 0.518. The molecule has 1 aromatic heterocycles. The molecule has 1 N–H and O–H groups in total. The van der Waals surface area contributed by atoms with Crippen molar-refractivity contribution in [2.24, 2.45) is 0 Å². The van der Waals surface area contributed by atoms with Crippen molar-refractivity contribution in [2.75, 3.05) is 5.32 Å². The number of aryl methyl sites for hydroxylation is 1. The van der Waals surface area contributed by atoms with Crippen LogP contribution in [0.1, 0.15) is 11.1 Å². The van der Waals surface area contributed by atoms with Gasteiger partial charge in [-0.2, -0.15) is 0 Å². The van der Waals surface area contributed by atoms with E-state index < -0.39 is 0 Å². The molecule has 134 valence electrons. The number of nitrogens with zero attached hydrogens (tertiary/aromatic N) is 2. The van der Waals surface area contributed by atoms with Crippen LogP contribution in [0.3, 0.4) is 0 Å². The van der Waals surface area contributed by atoms with Gasteiger partial charge in [0.25, 0.3) is 0 Å². The van der Waals surface area contributed by atoms with Gasteiger partial charge < -0.3 is 10.1 Å². The fourth-order valence-corrected chi connectivity index (χ4v) is 2.83. The van der Waals surface area contributed by atoms with Crippen LogP contribution in [0.5, 0.6) is 5.75 Å². The molecule has 1 heterocycles. The SMILES string of the molecule is Cc1ccc2ncnc(Nc3ccc(OCc4cccc(F)c4)cc3)c2c1. The highest BCUT2D eigenvalue weighted by Gasteiger charge is 2.05. The van der Waals surface area contributed by atoms with Crippen LogP contribution < -0.4 is 10.1 Å². The first kappa shape index (κ1) is 17.0. The summed E-state index contributed by atoms with van der Waals surface area (Å²) in [5.41, 5.74) is 3.74. The Hall–Kier alpha value is -3.47. The molecule has 0 aliphatic carbocycles. The van der Waals surface area contributed by atoms with Crippen molar-refractivity contribution in [1.29, 1.82) is 0 Å². The van der Waals surface area contributed by atoms with Crippen LogP contribution in [-0.4, -0.2) is 9.97 Å². The maximum atomic E-state index is 13.2. The maximum absolute atomic E-state index is 13.2. The summed E-state index contributed by atoms with van der Waals surface area (Å²) in [6.07, 6.45) is 1.55. The van der Waals surface area contributed by atoms with Gasteiger partial charge in [0.05, 0.1) is 5.52 Å². The standard InChI is InChI=1S/C22H18FN3O/c1-15-5-10-21-20(11-15)22(25-14-24-21)26-18-6-8-19(9-7-18)27-13-16-3-2-4-17(23)12-16/h2-12,14H,13H2,1H3,(H,24,25,26). The number of nitrogens with one attached hydrogen (secondary N) is 1. The van der Waals surface area contributed by atoms with E-state index in [0.29, 0.717) is 12.4 Å². The number of ether oxygens (including phenoxy) is 1. The van der Waals surface area contributed by atoms with Crippen molar-refractivity contribution in [2.45, 2.75) is 13.5 Å². The average Bonchev–Trinajstić information content (AvgIpc) is 2.68. The molecule has 5 heteroatoms. The molecule has 0 atom stereocenters. The van der Waals surface area contributed by atoms with Gasteiger partial charge in [0.1, 0.15) is 30.3 Å². The Bertz CT molecular complexity index is 1080. The van der Waals surface area contributed by atoms with E-state index in [1.807, 2.05) is 49.4 Å². The highest BCUT2D eigenvalue weighted by Crippen LogP contribution is 2.25. The van der Waals surface area contributed by atoms with Crippen molar-refractivity contribution in [1.82, 2.24) is 9.97 Å². The number of hydrogen-bond donors (Lipinski definition) is 1. The Morgan fingerprint density at radius 3 is 2.63 bits per heavy atom. The van der Waals surface area contributed by atoms with E-state index in [2.05, 4.69) is 21.4 Å². The first-order valence-electron chi connectivity index (χ1n) is 8.63. The summed E-state index contributed by atoms with van der Waals surface area (Å²) in [4.78, 5) is 8.66. The van der Waals surface area contributed by atoms with Crippen LogP contribution in [-0.2, 0) is 6.61 Å². The van der Waals surface area contributed by atoms with Crippen LogP contribution in [0, 0.1) is 12.7 Å². The van der Waals surface area contributed by atoms with Crippen LogP contribution in [0.25, 0.3) is 10.9 Å².